The van der Waals surface area contributed by atoms with Gasteiger partial charge in [-0.25, -0.2) is 0 Å². The summed E-state index contributed by atoms with van der Waals surface area (Å²) in [7, 11) is 0. The van der Waals surface area contributed by atoms with Crippen LogP contribution in [0.5, 0.6) is 5.75 Å². The number of carbonyl (C=O) groups excluding carboxylic acids is 1. The predicted octanol–water partition coefficient (Wildman–Crippen LogP) is 6.01. The summed E-state index contributed by atoms with van der Waals surface area (Å²) >= 11 is 6.21. The van der Waals surface area contributed by atoms with E-state index >= 15 is 0 Å². The topological polar surface area (TPSA) is 42.4 Å². The molecule has 2 aromatic carbocycles. The van der Waals surface area contributed by atoms with Crippen LogP contribution in [0.1, 0.15) is 30.5 Å². The molecule has 0 radical (unpaired) electrons. The van der Waals surface area contributed by atoms with Crippen LogP contribution in [0.4, 0.5) is 0 Å². The van der Waals surface area contributed by atoms with E-state index in [4.69, 9.17) is 16.3 Å². The van der Waals surface area contributed by atoms with Crippen molar-refractivity contribution in [3.63, 3.8) is 0 Å². The molecule has 4 nitrogen and oxygen atoms in total. The average molecular weight is 435 g/mol. The number of nitrogens with zero attached hydrogens (tertiary/aromatic N) is 2. The lowest BCUT2D eigenvalue weighted by Crippen LogP contribution is -2.28. The molecule has 31 heavy (non-hydrogen) atoms. The van der Waals surface area contributed by atoms with Gasteiger partial charge in [0.05, 0.1) is 6.61 Å². The van der Waals surface area contributed by atoms with Gasteiger partial charge in [0.25, 0.3) is 0 Å². The van der Waals surface area contributed by atoms with Crippen molar-refractivity contribution in [2.45, 2.75) is 26.9 Å². The number of rotatable bonds is 9. The first-order valence-electron chi connectivity index (χ1n) is 10.3. The van der Waals surface area contributed by atoms with Gasteiger partial charge in [-0.1, -0.05) is 55.8 Å². The van der Waals surface area contributed by atoms with Gasteiger partial charge in [0.2, 0.25) is 5.91 Å². The number of carbonyl (C=O) groups is 1. The Hall–Kier alpha value is -3.11. The first-order valence-corrected chi connectivity index (χ1v) is 10.7. The highest BCUT2D eigenvalue weighted by Crippen LogP contribution is 2.18. The van der Waals surface area contributed by atoms with E-state index in [1.165, 1.54) is 0 Å². The first-order chi connectivity index (χ1) is 15.0. The Bertz CT molecular complexity index is 1000. The van der Waals surface area contributed by atoms with Crippen LogP contribution in [-0.2, 0) is 17.9 Å². The van der Waals surface area contributed by atoms with E-state index in [1.54, 1.807) is 29.4 Å². The maximum atomic E-state index is 13.0. The third-order valence-corrected chi connectivity index (χ3v) is 4.97. The van der Waals surface area contributed by atoms with E-state index in [1.807, 2.05) is 60.7 Å². The van der Waals surface area contributed by atoms with Crippen molar-refractivity contribution >= 4 is 23.6 Å². The lowest BCUT2D eigenvalue weighted by molar-refractivity contribution is -0.127. The van der Waals surface area contributed by atoms with Crippen molar-refractivity contribution < 1.29 is 9.53 Å². The van der Waals surface area contributed by atoms with E-state index in [0.29, 0.717) is 30.6 Å². The van der Waals surface area contributed by atoms with Crippen LogP contribution in [0.2, 0.25) is 5.02 Å². The zero-order chi connectivity index (χ0) is 22.1. The first kappa shape index (κ1) is 22.6. The second kappa shape index (κ2) is 11.3. The van der Waals surface area contributed by atoms with Gasteiger partial charge in [0.15, 0.2) is 0 Å². The number of pyridine rings is 1. The Labute approximate surface area is 189 Å². The minimum Gasteiger partial charge on any atom is -0.493 e. The largest absolute Gasteiger partial charge is 0.493 e. The molecule has 5 heteroatoms. The summed E-state index contributed by atoms with van der Waals surface area (Å²) in [6.45, 7) is 5.89. The van der Waals surface area contributed by atoms with Crippen LogP contribution < -0.4 is 4.74 Å². The molecular formula is C26H27ClN2O2. The van der Waals surface area contributed by atoms with E-state index in [2.05, 4.69) is 18.8 Å². The van der Waals surface area contributed by atoms with E-state index in [-0.39, 0.29) is 5.91 Å². The standard InChI is InChI=1S/C26H27ClN2O2/c1-20(2)19-31-24-10-7-21(8-11-24)17-29(18-22-13-15-28-16-14-22)26(30)12-9-23-5-3-4-6-25(23)27/h3-16,20H,17-19H2,1-2H3. The monoisotopic (exact) mass is 434 g/mol. The molecule has 0 bridgehead atoms. The Morgan fingerprint density at radius 2 is 1.65 bits per heavy atom. The Kier molecular flexibility index (Phi) is 8.25. The second-order valence-electron chi connectivity index (χ2n) is 7.75. The van der Waals surface area contributed by atoms with Gasteiger partial charge in [-0.3, -0.25) is 9.78 Å². The van der Waals surface area contributed by atoms with Gasteiger partial charge in [-0.15, -0.1) is 0 Å². The van der Waals surface area contributed by atoms with Crippen LogP contribution >= 0.6 is 11.6 Å². The molecule has 1 amide bonds. The van der Waals surface area contributed by atoms with Gasteiger partial charge in [-0.2, -0.15) is 0 Å². The summed E-state index contributed by atoms with van der Waals surface area (Å²) in [5, 5.41) is 0.615. The maximum Gasteiger partial charge on any atom is 0.247 e. The van der Waals surface area contributed by atoms with Crippen LogP contribution in [0.15, 0.2) is 79.1 Å². The molecule has 0 saturated heterocycles. The van der Waals surface area contributed by atoms with Crippen molar-refractivity contribution in [3.8, 4) is 5.75 Å². The molecule has 0 saturated carbocycles. The lowest BCUT2D eigenvalue weighted by Gasteiger charge is -2.22. The minimum absolute atomic E-state index is 0.0862. The van der Waals surface area contributed by atoms with Crippen molar-refractivity contribution in [1.82, 2.24) is 9.88 Å². The number of benzene rings is 2. The van der Waals surface area contributed by atoms with Crippen molar-refractivity contribution in [3.05, 3.63) is 101 Å². The molecule has 3 rings (SSSR count). The van der Waals surface area contributed by atoms with Crippen LogP contribution in [-0.4, -0.2) is 22.4 Å². The van der Waals surface area contributed by atoms with Crippen molar-refractivity contribution in [2.24, 2.45) is 5.92 Å². The van der Waals surface area contributed by atoms with Crippen LogP contribution in [0, 0.1) is 5.92 Å². The number of hydrogen-bond acceptors (Lipinski definition) is 3. The fraction of sp³-hybridized carbons (Fsp3) is 0.231. The summed E-state index contributed by atoms with van der Waals surface area (Å²) in [4.78, 5) is 18.9. The Balaban J connectivity index is 1.74. The molecule has 0 aliphatic rings. The normalized spacial score (nSPS) is 11.1. The molecule has 0 unspecified atom stereocenters. The number of aromatic nitrogens is 1. The SMILES string of the molecule is CC(C)COc1ccc(CN(Cc2ccncc2)C(=O)C=Cc2ccccc2Cl)cc1. The number of halogens is 1. The lowest BCUT2D eigenvalue weighted by atomic mass is 10.1. The molecule has 3 aromatic rings. The molecule has 0 aliphatic carbocycles. The summed E-state index contributed by atoms with van der Waals surface area (Å²) in [6.07, 6.45) is 6.80. The summed E-state index contributed by atoms with van der Waals surface area (Å²) in [6, 6.07) is 19.2. The highest BCUT2D eigenvalue weighted by molar-refractivity contribution is 6.32. The van der Waals surface area contributed by atoms with E-state index in [0.717, 1.165) is 22.4 Å². The van der Waals surface area contributed by atoms with Gasteiger partial charge >= 0.3 is 0 Å². The zero-order valence-corrected chi connectivity index (χ0v) is 18.6. The molecule has 1 aromatic heterocycles. The molecule has 0 aliphatic heterocycles. The van der Waals surface area contributed by atoms with Gasteiger partial charge in [0.1, 0.15) is 5.75 Å². The molecule has 0 spiro atoms. The number of amides is 1. The fourth-order valence-corrected chi connectivity index (χ4v) is 3.17. The third kappa shape index (κ3) is 7.26. The Morgan fingerprint density at radius 1 is 1.00 bits per heavy atom. The van der Waals surface area contributed by atoms with Gasteiger partial charge in [-0.05, 0) is 59.0 Å². The van der Waals surface area contributed by atoms with Crippen LogP contribution in [0.3, 0.4) is 0 Å². The van der Waals surface area contributed by atoms with E-state index < -0.39 is 0 Å². The van der Waals surface area contributed by atoms with E-state index in [9.17, 15) is 4.79 Å². The summed E-state index contributed by atoms with van der Waals surface area (Å²) < 4.78 is 5.76. The quantitative estimate of drug-likeness (QED) is 0.387. The number of ether oxygens (including phenoxy) is 1. The second-order valence-corrected chi connectivity index (χ2v) is 8.16. The van der Waals surface area contributed by atoms with Gasteiger partial charge < -0.3 is 9.64 Å². The number of hydrogen-bond donors (Lipinski definition) is 0. The average Bonchev–Trinajstić information content (AvgIpc) is 2.78. The molecule has 0 atom stereocenters. The molecular weight excluding hydrogens is 408 g/mol. The fourth-order valence-electron chi connectivity index (χ4n) is 2.97. The maximum absolute atomic E-state index is 13.0. The predicted molar refractivity (Wildman–Crippen MR) is 126 cm³/mol. The Morgan fingerprint density at radius 3 is 2.29 bits per heavy atom. The zero-order valence-electron chi connectivity index (χ0n) is 17.9. The summed E-state index contributed by atoms with van der Waals surface area (Å²) in [5.74, 6) is 1.22. The van der Waals surface area contributed by atoms with Crippen molar-refractivity contribution in [2.75, 3.05) is 6.61 Å². The molecule has 0 N–H and O–H groups in total. The van der Waals surface area contributed by atoms with Gasteiger partial charge in [0, 0.05) is 36.6 Å². The van der Waals surface area contributed by atoms with Crippen LogP contribution in [0.25, 0.3) is 6.08 Å². The highest BCUT2D eigenvalue weighted by Gasteiger charge is 2.13. The summed E-state index contributed by atoms with van der Waals surface area (Å²) in [5.41, 5.74) is 2.87. The highest BCUT2D eigenvalue weighted by atomic mass is 35.5. The van der Waals surface area contributed by atoms with Crippen molar-refractivity contribution in [1.29, 1.82) is 0 Å². The third-order valence-electron chi connectivity index (χ3n) is 4.63. The molecule has 160 valence electrons. The smallest absolute Gasteiger partial charge is 0.247 e. The molecule has 0 fully saturated rings. The molecule has 1 heterocycles. The minimum atomic E-state index is -0.0862.